The SMILES string of the molecule is Cc1nc(Oc2ccc(NC(=O)C(C)Oc3ccccc3)cc2)cc(-n2ccnc2)n1. The summed E-state index contributed by atoms with van der Waals surface area (Å²) in [5, 5.41) is 2.83. The topological polar surface area (TPSA) is 91.2 Å². The summed E-state index contributed by atoms with van der Waals surface area (Å²) >= 11 is 0. The molecule has 1 N–H and O–H groups in total. The van der Waals surface area contributed by atoms with Crippen LogP contribution in [-0.2, 0) is 4.79 Å². The maximum atomic E-state index is 12.4. The molecule has 0 aliphatic carbocycles. The van der Waals surface area contributed by atoms with E-state index < -0.39 is 6.10 Å². The van der Waals surface area contributed by atoms with Crippen LogP contribution >= 0.6 is 0 Å². The smallest absolute Gasteiger partial charge is 0.265 e. The van der Waals surface area contributed by atoms with Crippen LogP contribution < -0.4 is 14.8 Å². The Balaban J connectivity index is 1.39. The zero-order chi connectivity index (χ0) is 21.6. The maximum absolute atomic E-state index is 12.4. The number of carbonyl (C=O) groups is 1. The van der Waals surface area contributed by atoms with Crippen LogP contribution in [0.2, 0.25) is 0 Å². The summed E-state index contributed by atoms with van der Waals surface area (Å²) < 4.78 is 13.3. The maximum Gasteiger partial charge on any atom is 0.265 e. The minimum absolute atomic E-state index is 0.242. The third-order valence-electron chi connectivity index (χ3n) is 4.34. The zero-order valence-electron chi connectivity index (χ0n) is 17.1. The Morgan fingerprint density at radius 2 is 1.81 bits per heavy atom. The van der Waals surface area contributed by atoms with Gasteiger partial charge in [-0.2, -0.15) is 4.98 Å². The normalized spacial score (nSPS) is 11.5. The Labute approximate surface area is 179 Å². The molecule has 0 saturated heterocycles. The van der Waals surface area contributed by atoms with E-state index in [1.165, 1.54) is 0 Å². The number of nitrogens with zero attached hydrogens (tertiary/aromatic N) is 4. The highest BCUT2D eigenvalue weighted by Gasteiger charge is 2.15. The summed E-state index contributed by atoms with van der Waals surface area (Å²) in [5.74, 6) is 2.64. The van der Waals surface area contributed by atoms with Crippen molar-refractivity contribution in [3.05, 3.63) is 85.2 Å². The van der Waals surface area contributed by atoms with Crippen molar-refractivity contribution >= 4 is 11.6 Å². The number of carbonyl (C=O) groups excluding carboxylic acids is 1. The second-order valence-electron chi connectivity index (χ2n) is 6.77. The van der Waals surface area contributed by atoms with Crippen LogP contribution in [0.4, 0.5) is 5.69 Å². The fourth-order valence-corrected chi connectivity index (χ4v) is 2.83. The molecular weight excluding hydrogens is 394 g/mol. The fraction of sp³-hybridized carbons (Fsp3) is 0.130. The molecular formula is C23H21N5O3. The van der Waals surface area contributed by atoms with Gasteiger partial charge in [-0.3, -0.25) is 9.36 Å². The average Bonchev–Trinajstić information content (AvgIpc) is 3.30. The van der Waals surface area contributed by atoms with Gasteiger partial charge in [-0.05, 0) is 50.2 Å². The molecule has 2 heterocycles. The molecule has 0 fully saturated rings. The van der Waals surface area contributed by atoms with E-state index in [1.807, 2.05) is 30.3 Å². The molecule has 4 rings (SSSR count). The van der Waals surface area contributed by atoms with Crippen molar-refractivity contribution in [3.8, 4) is 23.2 Å². The van der Waals surface area contributed by atoms with Gasteiger partial charge in [-0.15, -0.1) is 0 Å². The molecule has 0 radical (unpaired) electrons. The van der Waals surface area contributed by atoms with Crippen molar-refractivity contribution in [1.82, 2.24) is 19.5 Å². The molecule has 1 unspecified atom stereocenters. The number of anilines is 1. The standard InChI is InChI=1S/C23H21N5O3/c1-16(30-19-6-4-3-5-7-19)23(29)27-18-8-10-20(11-9-18)31-22-14-21(25-17(2)26-22)28-13-12-24-15-28/h3-16H,1-2H3,(H,27,29). The highest BCUT2D eigenvalue weighted by atomic mass is 16.5. The van der Waals surface area contributed by atoms with Crippen LogP contribution in [0.3, 0.4) is 0 Å². The number of benzene rings is 2. The number of hydrogen-bond donors (Lipinski definition) is 1. The lowest BCUT2D eigenvalue weighted by atomic mass is 10.2. The molecule has 0 saturated carbocycles. The molecule has 2 aromatic carbocycles. The molecule has 2 aromatic heterocycles. The van der Waals surface area contributed by atoms with Crippen molar-refractivity contribution in [3.63, 3.8) is 0 Å². The number of para-hydroxylation sites is 1. The molecule has 31 heavy (non-hydrogen) atoms. The van der Waals surface area contributed by atoms with Crippen molar-refractivity contribution in [2.24, 2.45) is 0 Å². The minimum Gasteiger partial charge on any atom is -0.481 e. The van der Waals surface area contributed by atoms with Gasteiger partial charge in [0.05, 0.1) is 0 Å². The summed E-state index contributed by atoms with van der Waals surface area (Å²) in [5.41, 5.74) is 0.638. The van der Waals surface area contributed by atoms with E-state index in [4.69, 9.17) is 9.47 Å². The lowest BCUT2D eigenvalue weighted by molar-refractivity contribution is -0.122. The van der Waals surface area contributed by atoms with E-state index in [1.54, 1.807) is 67.5 Å². The lowest BCUT2D eigenvalue weighted by Gasteiger charge is -2.15. The first-order chi connectivity index (χ1) is 15.1. The number of nitrogens with one attached hydrogen (secondary N) is 1. The summed E-state index contributed by atoms with van der Waals surface area (Å²) in [6.07, 6.45) is 4.50. The Hall–Kier alpha value is -4.20. The van der Waals surface area contributed by atoms with E-state index in [-0.39, 0.29) is 5.91 Å². The summed E-state index contributed by atoms with van der Waals surface area (Å²) in [6.45, 7) is 3.50. The highest BCUT2D eigenvalue weighted by molar-refractivity contribution is 5.94. The van der Waals surface area contributed by atoms with Crippen LogP contribution in [0.25, 0.3) is 5.82 Å². The molecule has 0 aliphatic heterocycles. The molecule has 4 aromatic rings. The number of amides is 1. The number of aromatic nitrogens is 4. The van der Waals surface area contributed by atoms with E-state index in [0.29, 0.717) is 34.7 Å². The first-order valence-electron chi connectivity index (χ1n) is 9.71. The summed E-state index contributed by atoms with van der Waals surface area (Å²) in [4.78, 5) is 25.1. The van der Waals surface area contributed by atoms with Gasteiger partial charge in [-0.25, -0.2) is 9.97 Å². The zero-order valence-corrected chi connectivity index (χ0v) is 17.1. The predicted molar refractivity (Wildman–Crippen MR) is 116 cm³/mol. The van der Waals surface area contributed by atoms with Gasteiger partial charge < -0.3 is 14.8 Å². The molecule has 156 valence electrons. The van der Waals surface area contributed by atoms with Gasteiger partial charge in [-0.1, -0.05) is 18.2 Å². The molecule has 8 heteroatoms. The highest BCUT2D eigenvalue weighted by Crippen LogP contribution is 2.23. The van der Waals surface area contributed by atoms with Gasteiger partial charge in [0.1, 0.15) is 29.5 Å². The Morgan fingerprint density at radius 3 is 2.52 bits per heavy atom. The van der Waals surface area contributed by atoms with Gasteiger partial charge in [0, 0.05) is 24.1 Å². The fourth-order valence-electron chi connectivity index (χ4n) is 2.83. The van der Waals surface area contributed by atoms with Crippen LogP contribution in [0.1, 0.15) is 12.7 Å². The number of rotatable bonds is 7. The largest absolute Gasteiger partial charge is 0.481 e. The van der Waals surface area contributed by atoms with E-state index >= 15 is 0 Å². The minimum atomic E-state index is -0.635. The summed E-state index contributed by atoms with van der Waals surface area (Å²) in [7, 11) is 0. The first-order valence-corrected chi connectivity index (χ1v) is 9.71. The van der Waals surface area contributed by atoms with Crippen molar-refractivity contribution in [2.75, 3.05) is 5.32 Å². The van der Waals surface area contributed by atoms with Crippen LogP contribution in [0.5, 0.6) is 17.4 Å². The Kier molecular flexibility index (Phi) is 5.89. The second kappa shape index (κ2) is 9.08. The molecule has 0 spiro atoms. The van der Waals surface area contributed by atoms with Gasteiger partial charge in [0.15, 0.2) is 6.10 Å². The van der Waals surface area contributed by atoms with Crippen LogP contribution in [-0.4, -0.2) is 31.5 Å². The molecule has 0 bridgehead atoms. The number of aryl methyl sites for hydroxylation is 1. The molecule has 8 nitrogen and oxygen atoms in total. The van der Waals surface area contributed by atoms with Crippen LogP contribution in [0, 0.1) is 6.92 Å². The van der Waals surface area contributed by atoms with E-state index in [2.05, 4.69) is 20.3 Å². The number of ether oxygens (including phenoxy) is 2. The third-order valence-corrected chi connectivity index (χ3v) is 4.34. The molecule has 0 aliphatic rings. The molecule has 1 amide bonds. The van der Waals surface area contributed by atoms with E-state index in [9.17, 15) is 4.79 Å². The van der Waals surface area contributed by atoms with Gasteiger partial charge in [0.2, 0.25) is 5.88 Å². The third kappa shape index (κ3) is 5.24. The van der Waals surface area contributed by atoms with Gasteiger partial charge >= 0.3 is 0 Å². The number of imidazole rings is 1. The van der Waals surface area contributed by atoms with Crippen molar-refractivity contribution in [2.45, 2.75) is 20.0 Å². The monoisotopic (exact) mass is 415 g/mol. The molecule has 1 atom stereocenters. The van der Waals surface area contributed by atoms with E-state index in [0.717, 1.165) is 0 Å². The summed E-state index contributed by atoms with van der Waals surface area (Å²) in [6, 6.07) is 18.0. The van der Waals surface area contributed by atoms with Gasteiger partial charge in [0.25, 0.3) is 5.91 Å². The average molecular weight is 415 g/mol. The van der Waals surface area contributed by atoms with Crippen molar-refractivity contribution in [1.29, 1.82) is 0 Å². The van der Waals surface area contributed by atoms with Crippen molar-refractivity contribution < 1.29 is 14.3 Å². The Bertz CT molecular complexity index is 1150. The van der Waals surface area contributed by atoms with Crippen LogP contribution in [0.15, 0.2) is 79.4 Å². The predicted octanol–water partition coefficient (Wildman–Crippen LogP) is 4.17. The lowest BCUT2D eigenvalue weighted by Crippen LogP contribution is -2.30. The Morgan fingerprint density at radius 1 is 1.03 bits per heavy atom. The second-order valence-corrected chi connectivity index (χ2v) is 6.77. The quantitative estimate of drug-likeness (QED) is 0.487. The number of hydrogen-bond acceptors (Lipinski definition) is 6. The first kappa shape index (κ1) is 20.1.